The predicted octanol–water partition coefficient (Wildman–Crippen LogP) is 1.75. The second-order valence-corrected chi connectivity index (χ2v) is 5.15. The van der Waals surface area contributed by atoms with Crippen LogP contribution in [0.5, 0.6) is 0 Å². The van der Waals surface area contributed by atoms with Gasteiger partial charge in [0, 0.05) is 23.9 Å². The summed E-state index contributed by atoms with van der Waals surface area (Å²) in [4.78, 5) is 12.0. The fourth-order valence-corrected chi connectivity index (χ4v) is 2.12. The monoisotopic (exact) mass is 275 g/mol. The van der Waals surface area contributed by atoms with Crippen LogP contribution in [0.25, 0.3) is 0 Å². The van der Waals surface area contributed by atoms with Crippen LogP contribution >= 0.6 is 0 Å². The minimum absolute atomic E-state index is 0.0107. The maximum atomic E-state index is 12.0. The van der Waals surface area contributed by atoms with E-state index in [1.165, 1.54) is 0 Å². The predicted molar refractivity (Wildman–Crippen MR) is 76.5 cm³/mol. The zero-order valence-electron chi connectivity index (χ0n) is 12.2. The molecule has 0 saturated heterocycles. The molecule has 6 heteroatoms. The number of carbonyl (C=O) groups excluding carboxylic acids is 1. The number of aromatic amines is 2. The Morgan fingerprint density at radius 2 is 2.15 bits per heavy atom. The summed E-state index contributed by atoms with van der Waals surface area (Å²) in [5, 5.41) is 16.9. The number of aryl methyl sites for hydroxylation is 2. The van der Waals surface area contributed by atoms with Gasteiger partial charge in [0.1, 0.15) is 5.69 Å². The third kappa shape index (κ3) is 3.69. The van der Waals surface area contributed by atoms with Gasteiger partial charge in [0.25, 0.3) is 5.91 Å². The highest BCUT2D eigenvalue weighted by Crippen LogP contribution is 2.05. The molecule has 0 aliphatic heterocycles. The van der Waals surface area contributed by atoms with Gasteiger partial charge in [-0.05, 0) is 32.4 Å². The van der Waals surface area contributed by atoms with Crippen LogP contribution in [0.15, 0.2) is 12.1 Å². The number of carbonyl (C=O) groups is 1. The van der Waals surface area contributed by atoms with E-state index >= 15 is 0 Å². The standard InChI is InChI=1S/C14H21N5O/c1-4-5-11-8-13(19-17-11)14(20)15-9(2)6-12-7-10(3)16-18-12/h7-9H,4-6H2,1-3H3,(H,15,20)(H,16,18)(H,17,19)/t9-/m0/s1. The van der Waals surface area contributed by atoms with E-state index < -0.39 is 0 Å². The zero-order valence-corrected chi connectivity index (χ0v) is 12.2. The molecular weight excluding hydrogens is 254 g/mol. The number of hydrogen-bond donors (Lipinski definition) is 3. The molecular formula is C14H21N5O. The van der Waals surface area contributed by atoms with Crippen LogP contribution < -0.4 is 5.32 Å². The topological polar surface area (TPSA) is 86.5 Å². The number of aromatic nitrogens is 4. The van der Waals surface area contributed by atoms with Crippen LogP contribution in [0.2, 0.25) is 0 Å². The van der Waals surface area contributed by atoms with E-state index in [0.29, 0.717) is 12.1 Å². The maximum absolute atomic E-state index is 12.0. The van der Waals surface area contributed by atoms with Crippen molar-refractivity contribution in [2.45, 2.75) is 46.1 Å². The second-order valence-electron chi connectivity index (χ2n) is 5.15. The van der Waals surface area contributed by atoms with Gasteiger partial charge < -0.3 is 5.32 Å². The molecule has 2 aromatic rings. The summed E-state index contributed by atoms with van der Waals surface area (Å²) in [5.74, 6) is -0.150. The molecule has 0 aliphatic carbocycles. The molecule has 0 aliphatic rings. The highest BCUT2D eigenvalue weighted by atomic mass is 16.2. The van der Waals surface area contributed by atoms with Crippen LogP contribution in [-0.2, 0) is 12.8 Å². The lowest BCUT2D eigenvalue weighted by molar-refractivity contribution is 0.0935. The second kappa shape index (κ2) is 6.36. The lowest BCUT2D eigenvalue weighted by atomic mass is 10.1. The molecule has 108 valence electrons. The Balaban J connectivity index is 1.89. The lowest BCUT2D eigenvalue weighted by Gasteiger charge is -2.10. The largest absolute Gasteiger partial charge is 0.348 e. The van der Waals surface area contributed by atoms with Crippen LogP contribution in [0.3, 0.4) is 0 Å². The van der Waals surface area contributed by atoms with Gasteiger partial charge in [-0.3, -0.25) is 15.0 Å². The summed E-state index contributed by atoms with van der Waals surface area (Å²) >= 11 is 0. The molecule has 0 radical (unpaired) electrons. The Hall–Kier alpha value is -2.11. The first-order valence-electron chi connectivity index (χ1n) is 6.94. The molecule has 20 heavy (non-hydrogen) atoms. The van der Waals surface area contributed by atoms with Crippen molar-refractivity contribution in [2.24, 2.45) is 0 Å². The summed E-state index contributed by atoms with van der Waals surface area (Å²) in [6.45, 7) is 6.01. The first kappa shape index (κ1) is 14.3. The molecule has 2 rings (SSSR count). The summed E-state index contributed by atoms with van der Waals surface area (Å²) in [5.41, 5.74) is 3.41. The number of hydrogen-bond acceptors (Lipinski definition) is 3. The van der Waals surface area contributed by atoms with Crippen molar-refractivity contribution in [1.82, 2.24) is 25.7 Å². The normalized spacial score (nSPS) is 12.3. The van der Waals surface area contributed by atoms with Gasteiger partial charge >= 0.3 is 0 Å². The van der Waals surface area contributed by atoms with E-state index in [4.69, 9.17) is 0 Å². The Labute approximate surface area is 118 Å². The number of rotatable bonds is 6. The van der Waals surface area contributed by atoms with Crippen molar-refractivity contribution >= 4 is 5.91 Å². The van der Waals surface area contributed by atoms with E-state index in [0.717, 1.165) is 29.9 Å². The average molecular weight is 275 g/mol. The fourth-order valence-electron chi connectivity index (χ4n) is 2.12. The summed E-state index contributed by atoms with van der Waals surface area (Å²) in [7, 11) is 0. The molecule has 0 aromatic carbocycles. The Morgan fingerprint density at radius 1 is 1.35 bits per heavy atom. The van der Waals surface area contributed by atoms with Crippen molar-refractivity contribution < 1.29 is 4.79 Å². The SMILES string of the molecule is CCCc1cc(C(=O)N[C@@H](C)Cc2cc(C)[nH]n2)n[nH]1. The van der Waals surface area contributed by atoms with Crippen molar-refractivity contribution in [2.75, 3.05) is 0 Å². The molecule has 0 saturated carbocycles. The molecule has 1 atom stereocenters. The smallest absolute Gasteiger partial charge is 0.271 e. The molecule has 3 N–H and O–H groups in total. The van der Waals surface area contributed by atoms with Gasteiger partial charge in [-0.15, -0.1) is 0 Å². The minimum atomic E-state index is -0.150. The van der Waals surface area contributed by atoms with Crippen molar-refractivity contribution in [3.63, 3.8) is 0 Å². The number of nitrogens with zero attached hydrogens (tertiary/aromatic N) is 2. The Kier molecular flexibility index (Phi) is 4.55. The molecule has 0 spiro atoms. The number of H-pyrrole nitrogens is 2. The summed E-state index contributed by atoms with van der Waals surface area (Å²) < 4.78 is 0. The van der Waals surface area contributed by atoms with Gasteiger partial charge in [0.05, 0.1) is 5.69 Å². The lowest BCUT2D eigenvalue weighted by Crippen LogP contribution is -2.34. The van der Waals surface area contributed by atoms with Gasteiger partial charge in [-0.25, -0.2) is 0 Å². The average Bonchev–Trinajstić information content (AvgIpc) is 2.99. The van der Waals surface area contributed by atoms with Crippen LogP contribution in [0.1, 0.15) is 47.8 Å². The van der Waals surface area contributed by atoms with E-state index in [2.05, 4.69) is 32.6 Å². The molecule has 0 fully saturated rings. The van der Waals surface area contributed by atoms with Crippen LogP contribution in [0.4, 0.5) is 0 Å². The van der Waals surface area contributed by atoms with Gasteiger partial charge in [-0.1, -0.05) is 13.3 Å². The maximum Gasteiger partial charge on any atom is 0.271 e. The Morgan fingerprint density at radius 3 is 2.80 bits per heavy atom. The van der Waals surface area contributed by atoms with Crippen molar-refractivity contribution in [1.29, 1.82) is 0 Å². The Bertz CT molecular complexity index is 572. The molecule has 0 bridgehead atoms. The highest BCUT2D eigenvalue weighted by molar-refractivity contribution is 5.92. The fraction of sp³-hybridized carbons (Fsp3) is 0.500. The third-order valence-corrected chi connectivity index (χ3v) is 3.03. The van der Waals surface area contributed by atoms with Gasteiger partial charge in [0.2, 0.25) is 0 Å². The molecule has 2 heterocycles. The highest BCUT2D eigenvalue weighted by Gasteiger charge is 2.14. The van der Waals surface area contributed by atoms with Crippen LogP contribution in [-0.4, -0.2) is 32.3 Å². The third-order valence-electron chi connectivity index (χ3n) is 3.03. The number of amides is 1. The van der Waals surface area contributed by atoms with Gasteiger partial charge in [0.15, 0.2) is 0 Å². The first-order valence-corrected chi connectivity index (χ1v) is 6.94. The van der Waals surface area contributed by atoms with Crippen molar-refractivity contribution in [3.05, 3.63) is 34.9 Å². The molecule has 6 nitrogen and oxygen atoms in total. The summed E-state index contributed by atoms with van der Waals surface area (Å²) in [6.07, 6.45) is 2.63. The molecule has 2 aromatic heterocycles. The van der Waals surface area contributed by atoms with Gasteiger partial charge in [-0.2, -0.15) is 10.2 Å². The van der Waals surface area contributed by atoms with E-state index in [9.17, 15) is 4.79 Å². The first-order chi connectivity index (χ1) is 9.58. The summed E-state index contributed by atoms with van der Waals surface area (Å²) in [6, 6.07) is 3.80. The minimum Gasteiger partial charge on any atom is -0.348 e. The number of nitrogens with one attached hydrogen (secondary N) is 3. The van der Waals surface area contributed by atoms with Crippen molar-refractivity contribution in [3.8, 4) is 0 Å². The van der Waals surface area contributed by atoms with E-state index in [1.807, 2.05) is 26.0 Å². The van der Waals surface area contributed by atoms with E-state index in [-0.39, 0.29) is 11.9 Å². The van der Waals surface area contributed by atoms with Crippen LogP contribution in [0, 0.1) is 6.92 Å². The zero-order chi connectivity index (χ0) is 14.5. The van der Waals surface area contributed by atoms with E-state index in [1.54, 1.807) is 0 Å². The molecule has 1 amide bonds. The molecule has 0 unspecified atom stereocenters. The quantitative estimate of drug-likeness (QED) is 0.750.